The van der Waals surface area contributed by atoms with Gasteiger partial charge in [-0.05, 0) is 29.0 Å². The zero-order chi connectivity index (χ0) is 16.2. The Morgan fingerprint density at radius 1 is 1.09 bits per heavy atom. The van der Waals surface area contributed by atoms with Crippen LogP contribution in [0.4, 0.5) is 0 Å². The molecule has 0 aliphatic carbocycles. The third-order valence-electron chi connectivity index (χ3n) is 3.40. The Labute approximate surface area is 141 Å². The van der Waals surface area contributed by atoms with E-state index in [1.54, 1.807) is 12.3 Å². The third-order valence-corrected chi connectivity index (χ3v) is 3.89. The second-order valence-electron chi connectivity index (χ2n) is 4.93. The summed E-state index contributed by atoms with van der Waals surface area (Å²) < 4.78 is 0.707. The molecule has 2 N–H and O–H groups in total. The standard InChI is InChI=1S/C18H13BrN2O2/c19-14-8-9-17(22)16(10-14)18(23)21-20-11-13-6-3-5-12-4-1-2-7-15(12)13/h1-11,22H,(H,21,23)/b20-11+. The van der Waals surface area contributed by atoms with Crippen LogP contribution in [0.5, 0.6) is 5.75 Å². The lowest BCUT2D eigenvalue weighted by molar-refractivity contribution is 0.0952. The molecule has 0 aliphatic heterocycles. The number of carbonyl (C=O) groups is 1. The third kappa shape index (κ3) is 3.40. The van der Waals surface area contributed by atoms with Crippen LogP contribution in [0, 0.1) is 0 Å². The molecule has 0 fully saturated rings. The largest absolute Gasteiger partial charge is 0.507 e. The molecule has 0 saturated heterocycles. The van der Waals surface area contributed by atoms with Crippen molar-refractivity contribution >= 4 is 38.8 Å². The predicted molar refractivity (Wildman–Crippen MR) is 94.8 cm³/mol. The molecular formula is C18H13BrN2O2. The second-order valence-corrected chi connectivity index (χ2v) is 5.84. The van der Waals surface area contributed by atoms with E-state index in [1.165, 1.54) is 12.1 Å². The average Bonchev–Trinajstić information content (AvgIpc) is 2.57. The highest BCUT2D eigenvalue weighted by molar-refractivity contribution is 9.10. The van der Waals surface area contributed by atoms with Crippen LogP contribution in [-0.4, -0.2) is 17.2 Å². The number of rotatable bonds is 3. The Bertz CT molecular complexity index is 901. The van der Waals surface area contributed by atoms with Gasteiger partial charge >= 0.3 is 0 Å². The van der Waals surface area contributed by atoms with Gasteiger partial charge in [-0.2, -0.15) is 5.10 Å². The lowest BCUT2D eigenvalue weighted by Gasteiger charge is -2.04. The molecule has 0 radical (unpaired) electrons. The molecule has 0 unspecified atom stereocenters. The number of fused-ring (bicyclic) bond motifs is 1. The summed E-state index contributed by atoms with van der Waals surface area (Å²) in [5, 5.41) is 15.9. The fourth-order valence-electron chi connectivity index (χ4n) is 2.27. The number of phenolic OH excluding ortho intramolecular Hbond substituents is 1. The summed E-state index contributed by atoms with van der Waals surface area (Å²) in [6.45, 7) is 0. The van der Waals surface area contributed by atoms with Gasteiger partial charge in [-0.1, -0.05) is 58.4 Å². The van der Waals surface area contributed by atoms with E-state index in [-0.39, 0.29) is 11.3 Å². The average molecular weight is 369 g/mol. The van der Waals surface area contributed by atoms with Crippen molar-refractivity contribution in [1.29, 1.82) is 0 Å². The van der Waals surface area contributed by atoms with Crippen molar-refractivity contribution in [3.63, 3.8) is 0 Å². The first-order valence-electron chi connectivity index (χ1n) is 6.95. The van der Waals surface area contributed by atoms with E-state index in [9.17, 15) is 9.90 Å². The predicted octanol–water partition coefficient (Wildman–Crippen LogP) is 4.07. The molecule has 0 atom stereocenters. The number of amides is 1. The van der Waals surface area contributed by atoms with Crippen LogP contribution in [-0.2, 0) is 0 Å². The first-order valence-corrected chi connectivity index (χ1v) is 7.74. The summed E-state index contributed by atoms with van der Waals surface area (Å²) in [6, 6.07) is 18.5. The number of nitrogens with one attached hydrogen (secondary N) is 1. The number of halogens is 1. The van der Waals surface area contributed by atoms with Crippen molar-refractivity contribution in [3.8, 4) is 5.75 Å². The van der Waals surface area contributed by atoms with E-state index in [2.05, 4.69) is 26.5 Å². The monoisotopic (exact) mass is 368 g/mol. The van der Waals surface area contributed by atoms with Crippen molar-refractivity contribution in [2.75, 3.05) is 0 Å². The van der Waals surface area contributed by atoms with E-state index >= 15 is 0 Å². The van der Waals surface area contributed by atoms with Crippen LogP contribution in [0.25, 0.3) is 10.8 Å². The van der Waals surface area contributed by atoms with Gasteiger partial charge in [0.2, 0.25) is 0 Å². The molecule has 0 saturated carbocycles. The molecule has 0 bridgehead atoms. The van der Waals surface area contributed by atoms with E-state index in [1.807, 2.05) is 42.5 Å². The summed E-state index contributed by atoms with van der Waals surface area (Å²) in [7, 11) is 0. The fourth-order valence-corrected chi connectivity index (χ4v) is 2.63. The molecule has 0 spiro atoms. The molecule has 3 rings (SSSR count). The summed E-state index contributed by atoms with van der Waals surface area (Å²) in [5.74, 6) is -0.564. The molecule has 0 aromatic heterocycles. The highest BCUT2D eigenvalue weighted by Gasteiger charge is 2.10. The molecule has 5 heteroatoms. The van der Waals surface area contributed by atoms with E-state index in [4.69, 9.17) is 0 Å². The Morgan fingerprint density at radius 2 is 1.87 bits per heavy atom. The highest BCUT2D eigenvalue weighted by Crippen LogP contribution is 2.21. The van der Waals surface area contributed by atoms with E-state index < -0.39 is 5.91 Å². The SMILES string of the molecule is O=C(N/N=C/c1cccc2ccccc12)c1cc(Br)ccc1O. The van der Waals surface area contributed by atoms with Gasteiger partial charge in [0, 0.05) is 10.0 Å². The zero-order valence-electron chi connectivity index (χ0n) is 12.0. The Balaban J connectivity index is 1.80. The van der Waals surface area contributed by atoms with Gasteiger partial charge in [-0.15, -0.1) is 0 Å². The van der Waals surface area contributed by atoms with Gasteiger partial charge in [0.15, 0.2) is 0 Å². The molecule has 23 heavy (non-hydrogen) atoms. The Kier molecular flexibility index (Phi) is 4.39. The van der Waals surface area contributed by atoms with Crippen LogP contribution in [0.3, 0.4) is 0 Å². The molecule has 1 amide bonds. The number of phenols is 1. The van der Waals surface area contributed by atoms with Crippen LogP contribution in [0.1, 0.15) is 15.9 Å². The smallest absolute Gasteiger partial charge is 0.275 e. The van der Waals surface area contributed by atoms with Crippen LogP contribution >= 0.6 is 15.9 Å². The normalized spacial score (nSPS) is 11.0. The van der Waals surface area contributed by atoms with Gasteiger partial charge in [-0.3, -0.25) is 4.79 Å². The van der Waals surface area contributed by atoms with Gasteiger partial charge in [0.05, 0.1) is 11.8 Å². The Morgan fingerprint density at radius 3 is 2.74 bits per heavy atom. The number of hydrogen-bond donors (Lipinski definition) is 2. The summed E-state index contributed by atoms with van der Waals surface area (Å²) in [4.78, 5) is 12.1. The zero-order valence-corrected chi connectivity index (χ0v) is 13.6. The highest BCUT2D eigenvalue weighted by atomic mass is 79.9. The summed E-state index contributed by atoms with van der Waals surface area (Å²) >= 11 is 3.27. The fraction of sp³-hybridized carbons (Fsp3) is 0. The van der Waals surface area contributed by atoms with Crippen molar-refractivity contribution in [3.05, 3.63) is 76.3 Å². The topological polar surface area (TPSA) is 61.7 Å². The van der Waals surface area contributed by atoms with Gasteiger partial charge < -0.3 is 5.11 Å². The number of hydrazone groups is 1. The Hall–Kier alpha value is -2.66. The second kappa shape index (κ2) is 6.62. The van der Waals surface area contributed by atoms with Crippen molar-refractivity contribution < 1.29 is 9.90 Å². The molecule has 114 valence electrons. The minimum absolute atomic E-state index is 0.0916. The quantitative estimate of drug-likeness (QED) is 0.540. The minimum atomic E-state index is -0.472. The van der Waals surface area contributed by atoms with Crippen LogP contribution in [0.15, 0.2) is 70.2 Å². The first kappa shape index (κ1) is 15.2. The first-order chi connectivity index (χ1) is 11.1. The van der Waals surface area contributed by atoms with Crippen molar-refractivity contribution in [1.82, 2.24) is 5.43 Å². The maximum Gasteiger partial charge on any atom is 0.275 e. The molecule has 0 aliphatic rings. The molecular weight excluding hydrogens is 356 g/mol. The van der Waals surface area contributed by atoms with Crippen molar-refractivity contribution in [2.24, 2.45) is 5.10 Å². The minimum Gasteiger partial charge on any atom is -0.507 e. The van der Waals surface area contributed by atoms with Gasteiger partial charge in [-0.25, -0.2) is 5.43 Å². The maximum atomic E-state index is 12.1. The van der Waals surface area contributed by atoms with E-state index in [0.717, 1.165) is 16.3 Å². The molecule has 3 aromatic rings. The molecule has 3 aromatic carbocycles. The van der Waals surface area contributed by atoms with Crippen molar-refractivity contribution in [2.45, 2.75) is 0 Å². The summed E-state index contributed by atoms with van der Waals surface area (Å²) in [6.07, 6.45) is 1.59. The van der Waals surface area contributed by atoms with Crippen LogP contribution < -0.4 is 5.43 Å². The van der Waals surface area contributed by atoms with Gasteiger partial charge in [0.1, 0.15) is 5.75 Å². The maximum absolute atomic E-state index is 12.1. The van der Waals surface area contributed by atoms with E-state index in [0.29, 0.717) is 4.47 Å². The van der Waals surface area contributed by atoms with Crippen LogP contribution in [0.2, 0.25) is 0 Å². The lowest BCUT2D eigenvalue weighted by atomic mass is 10.1. The number of aromatic hydroxyl groups is 1. The number of carbonyl (C=O) groups excluding carboxylic acids is 1. The molecule has 4 nitrogen and oxygen atoms in total. The number of benzene rings is 3. The summed E-state index contributed by atoms with van der Waals surface area (Å²) in [5.41, 5.74) is 3.50. The number of hydrogen-bond acceptors (Lipinski definition) is 3. The lowest BCUT2D eigenvalue weighted by Crippen LogP contribution is -2.17. The molecule has 0 heterocycles. The van der Waals surface area contributed by atoms with Gasteiger partial charge in [0.25, 0.3) is 5.91 Å². The number of nitrogens with zero attached hydrogens (tertiary/aromatic N) is 1.